The van der Waals surface area contributed by atoms with Crippen molar-refractivity contribution in [3.63, 3.8) is 0 Å². The molecule has 1 aliphatic heterocycles. The van der Waals surface area contributed by atoms with E-state index in [2.05, 4.69) is 35.9 Å². The van der Waals surface area contributed by atoms with E-state index in [0.29, 0.717) is 11.6 Å². The first-order valence-electron chi connectivity index (χ1n) is 9.15. The smallest absolute Gasteiger partial charge is 0.338 e. The number of hydrogen-bond acceptors (Lipinski definition) is 5. The van der Waals surface area contributed by atoms with Crippen molar-refractivity contribution >= 4 is 17.3 Å². The molecule has 0 amide bonds. The van der Waals surface area contributed by atoms with E-state index in [1.165, 1.54) is 24.3 Å². The lowest BCUT2D eigenvalue weighted by Crippen LogP contribution is -2.34. The van der Waals surface area contributed by atoms with Crippen molar-refractivity contribution in [1.29, 1.82) is 0 Å². The van der Waals surface area contributed by atoms with Gasteiger partial charge in [0.1, 0.15) is 5.69 Å². The van der Waals surface area contributed by atoms with Gasteiger partial charge in [-0.2, -0.15) is 0 Å². The summed E-state index contributed by atoms with van der Waals surface area (Å²) in [7, 11) is 1.27. The first-order valence-corrected chi connectivity index (χ1v) is 9.15. The Kier molecular flexibility index (Phi) is 5.74. The summed E-state index contributed by atoms with van der Waals surface area (Å²) in [6.45, 7) is 3.68. The summed E-state index contributed by atoms with van der Waals surface area (Å²) >= 11 is 0. The number of methoxy groups -OCH3 is 1. The van der Waals surface area contributed by atoms with Crippen LogP contribution in [-0.4, -0.2) is 31.1 Å². The van der Waals surface area contributed by atoms with Gasteiger partial charge in [-0.1, -0.05) is 24.3 Å². The molecule has 1 aliphatic rings. The second kappa shape index (κ2) is 8.20. The SMILES string of the molecule is COC(=O)c1ccc(N2CCC(Cc3ccccc3C)CC2)c([N+](=O)[O-])c1. The number of nitro benzene ring substituents is 1. The number of benzene rings is 2. The zero-order chi connectivity index (χ0) is 19.4. The first kappa shape index (κ1) is 18.9. The van der Waals surface area contributed by atoms with Gasteiger partial charge in [0.25, 0.3) is 5.69 Å². The van der Waals surface area contributed by atoms with Crippen LogP contribution in [0.4, 0.5) is 11.4 Å². The molecule has 1 fully saturated rings. The molecule has 27 heavy (non-hydrogen) atoms. The van der Waals surface area contributed by atoms with E-state index in [1.807, 2.05) is 4.90 Å². The van der Waals surface area contributed by atoms with Crippen LogP contribution >= 0.6 is 0 Å². The number of aryl methyl sites for hydroxylation is 1. The molecule has 2 aromatic carbocycles. The van der Waals surface area contributed by atoms with Crippen molar-refractivity contribution in [2.24, 2.45) is 5.92 Å². The third-order valence-corrected chi connectivity index (χ3v) is 5.32. The van der Waals surface area contributed by atoms with Gasteiger partial charge in [0.2, 0.25) is 0 Å². The number of nitrogens with zero attached hydrogens (tertiary/aromatic N) is 2. The molecule has 0 N–H and O–H groups in total. The quantitative estimate of drug-likeness (QED) is 0.450. The maximum Gasteiger partial charge on any atom is 0.338 e. The summed E-state index contributed by atoms with van der Waals surface area (Å²) < 4.78 is 4.66. The molecule has 3 rings (SSSR count). The first-order chi connectivity index (χ1) is 13.0. The predicted molar refractivity (Wildman–Crippen MR) is 104 cm³/mol. The molecular weight excluding hydrogens is 344 g/mol. The highest BCUT2D eigenvalue weighted by Gasteiger charge is 2.26. The fraction of sp³-hybridized carbons (Fsp3) is 0.381. The second-order valence-electron chi connectivity index (χ2n) is 7.01. The van der Waals surface area contributed by atoms with Crippen LogP contribution in [-0.2, 0) is 11.2 Å². The number of anilines is 1. The molecule has 2 aromatic rings. The number of ether oxygens (including phenoxy) is 1. The van der Waals surface area contributed by atoms with Gasteiger partial charge in [-0.05, 0) is 55.4 Å². The van der Waals surface area contributed by atoms with Gasteiger partial charge in [-0.15, -0.1) is 0 Å². The van der Waals surface area contributed by atoms with Crippen molar-refractivity contribution in [3.8, 4) is 0 Å². The van der Waals surface area contributed by atoms with Crippen LogP contribution in [0, 0.1) is 23.0 Å². The molecule has 0 aromatic heterocycles. The van der Waals surface area contributed by atoms with Crippen LogP contribution in [0.5, 0.6) is 0 Å². The number of piperidine rings is 1. The number of rotatable bonds is 5. The summed E-state index contributed by atoms with van der Waals surface area (Å²) in [6.07, 6.45) is 3.03. The van der Waals surface area contributed by atoms with Crippen LogP contribution in [0.25, 0.3) is 0 Å². The van der Waals surface area contributed by atoms with Gasteiger partial charge in [0, 0.05) is 19.2 Å². The number of carbonyl (C=O) groups is 1. The Morgan fingerprint density at radius 1 is 1.22 bits per heavy atom. The zero-order valence-electron chi connectivity index (χ0n) is 15.7. The minimum atomic E-state index is -0.568. The van der Waals surface area contributed by atoms with Crippen LogP contribution < -0.4 is 4.90 Å². The second-order valence-corrected chi connectivity index (χ2v) is 7.01. The van der Waals surface area contributed by atoms with Crippen molar-refractivity contribution in [3.05, 3.63) is 69.3 Å². The van der Waals surface area contributed by atoms with E-state index in [9.17, 15) is 14.9 Å². The van der Waals surface area contributed by atoms with Gasteiger partial charge < -0.3 is 9.64 Å². The summed E-state index contributed by atoms with van der Waals surface area (Å²) in [5.74, 6) is 0.0114. The lowest BCUT2D eigenvalue weighted by molar-refractivity contribution is -0.384. The van der Waals surface area contributed by atoms with Gasteiger partial charge in [0.15, 0.2) is 0 Å². The molecule has 6 nitrogen and oxygen atoms in total. The third kappa shape index (κ3) is 4.27. The molecule has 1 saturated heterocycles. The molecule has 0 atom stereocenters. The fourth-order valence-corrected chi connectivity index (χ4v) is 3.71. The Morgan fingerprint density at radius 2 is 1.93 bits per heavy atom. The molecule has 0 radical (unpaired) electrons. The van der Waals surface area contributed by atoms with Crippen molar-refractivity contribution in [2.45, 2.75) is 26.2 Å². The molecular formula is C21H24N2O4. The van der Waals surface area contributed by atoms with Gasteiger partial charge in [-0.3, -0.25) is 10.1 Å². The topological polar surface area (TPSA) is 72.7 Å². The summed E-state index contributed by atoms with van der Waals surface area (Å²) in [5, 5.41) is 11.5. The summed E-state index contributed by atoms with van der Waals surface area (Å²) in [4.78, 5) is 24.8. The van der Waals surface area contributed by atoms with Crippen molar-refractivity contribution in [1.82, 2.24) is 0 Å². The molecule has 142 valence electrons. The highest BCUT2D eigenvalue weighted by Crippen LogP contribution is 2.33. The average molecular weight is 368 g/mol. The Morgan fingerprint density at radius 3 is 2.56 bits per heavy atom. The van der Waals surface area contributed by atoms with E-state index in [0.717, 1.165) is 32.4 Å². The molecule has 0 bridgehead atoms. The maximum absolute atomic E-state index is 11.7. The van der Waals surface area contributed by atoms with Crippen LogP contribution in [0.1, 0.15) is 34.3 Å². The minimum Gasteiger partial charge on any atom is -0.465 e. The average Bonchev–Trinajstić information content (AvgIpc) is 2.69. The minimum absolute atomic E-state index is 0.0461. The predicted octanol–water partition coefficient (Wildman–Crippen LogP) is 4.15. The number of hydrogen-bond donors (Lipinski definition) is 0. The lowest BCUT2D eigenvalue weighted by Gasteiger charge is -2.33. The zero-order valence-corrected chi connectivity index (χ0v) is 15.7. The van der Waals surface area contributed by atoms with Crippen molar-refractivity contribution in [2.75, 3.05) is 25.1 Å². The molecule has 1 heterocycles. The van der Waals surface area contributed by atoms with E-state index in [-0.39, 0.29) is 11.3 Å². The highest BCUT2D eigenvalue weighted by atomic mass is 16.6. The molecule has 0 saturated carbocycles. The Labute approximate surface area is 158 Å². The fourth-order valence-electron chi connectivity index (χ4n) is 3.71. The maximum atomic E-state index is 11.7. The van der Waals surface area contributed by atoms with Gasteiger partial charge in [0.05, 0.1) is 17.6 Å². The van der Waals surface area contributed by atoms with E-state index < -0.39 is 10.9 Å². The monoisotopic (exact) mass is 368 g/mol. The Bertz CT molecular complexity index is 842. The number of carbonyl (C=O) groups excluding carboxylic acids is 1. The van der Waals surface area contributed by atoms with Gasteiger partial charge >= 0.3 is 5.97 Å². The normalized spacial score (nSPS) is 14.8. The summed E-state index contributed by atoms with van der Waals surface area (Å²) in [5.41, 5.74) is 3.41. The largest absolute Gasteiger partial charge is 0.465 e. The third-order valence-electron chi connectivity index (χ3n) is 5.32. The van der Waals surface area contributed by atoms with Gasteiger partial charge in [-0.25, -0.2) is 4.79 Å². The Hall–Kier alpha value is -2.89. The molecule has 0 aliphatic carbocycles. The lowest BCUT2D eigenvalue weighted by atomic mass is 9.88. The van der Waals surface area contributed by atoms with E-state index in [4.69, 9.17) is 0 Å². The number of nitro groups is 1. The number of esters is 1. The molecule has 0 unspecified atom stereocenters. The van der Waals surface area contributed by atoms with Crippen LogP contribution in [0.15, 0.2) is 42.5 Å². The van der Waals surface area contributed by atoms with E-state index >= 15 is 0 Å². The van der Waals surface area contributed by atoms with Crippen LogP contribution in [0.3, 0.4) is 0 Å². The van der Waals surface area contributed by atoms with E-state index in [1.54, 1.807) is 12.1 Å². The molecule has 6 heteroatoms. The standard InChI is InChI=1S/C21H24N2O4/c1-15-5-3-4-6-17(15)13-16-9-11-22(12-10-16)19-8-7-18(21(24)27-2)14-20(19)23(25)26/h3-8,14,16H,9-13H2,1-2H3. The Balaban J connectivity index is 1.71. The van der Waals surface area contributed by atoms with Crippen LogP contribution in [0.2, 0.25) is 0 Å². The summed E-state index contributed by atoms with van der Waals surface area (Å²) in [6, 6.07) is 13.0. The molecule has 0 spiro atoms. The highest BCUT2D eigenvalue weighted by molar-refractivity contribution is 5.91. The van der Waals surface area contributed by atoms with Crippen molar-refractivity contribution < 1.29 is 14.5 Å².